The number of aromatic nitrogens is 2. The summed E-state index contributed by atoms with van der Waals surface area (Å²) < 4.78 is 0. The molecule has 98 valence electrons. The minimum absolute atomic E-state index is 0.708. The monoisotopic (exact) mass is 265 g/mol. The molecule has 0 bridgehead atoms. The summed E-state index contributed by atoms with van der Waals surface area (Å²) in [5.41, 5.74) is 2.65. The molecule has 2 rings (SSSR count). The summed E-state index contributed by atoms with van der Waals surface area (Å²) in [6, 6.07) is 1.99. The van der Waals surface area contributed by atoms with E-state index in [-0.39, 0.29) is 0 Å². The topological polar surface area (TPSA) is 67.1 Å². The van der Waals surface area contributed by atoms with Gasteiger partial charge < -0.3 is 5.43 Å². The molecule has 6 heteroatoms. The average Bonchev–Trinajstić information content (AvgIpc) is 2.83. The van der Waals surface area contributed by atoms with Gasteiger partial charge >= 0.3 is 0 Å². The second kappa shape index (κ2) is 6.08. The van der Waals surface area contributed by atoms with Crippen LogP contribution >= 0.6 is 11.3 Å². The van der Waals surface area contributed by atoms with Gasteiger partial charge in [0.15, 0.2) is 5.82 Å². The van der Waals surface area contributed by atoms with Gasteiger partial charge in [-0.2, -0.15) is 0 Å². The molecule has 0 saturated carbocycles. The highest BCUT2D eigenvalue weighted by atomic mass is 32.1. The first-order chi connectivity index (χ1) is 8.74. The summed E-state index contributed by atoms with van der Waals surface area (Å²) in [4.78, 5) is 12.2. The van der Waals surface area contributed by atoms with Crippen molar-refractivity contribution in [3.05, 3.63) is 17.3 Å². The van der Waals surface area contributed by atoms with Gasteiger partial charge in [-0.1, -0.05) is 13.3 Å². The summed E-state index contributed by atoms with van der Waals surface area (Å²) in [6.45, 7) is 4.01. The predicted molar refractivity (Wildman–Crippen MR) is 76.5 cm³/mol. The lowest BCUT2D eigenvalue weighted by Crippen LogP contribution is -2.21. The summed E-state index contributed by atoms with van der Waals surface area (Å²) in [5.74, 6) is 7.03. The van der Waals surface area contributed by atoms with Crippen LogP contribution in [0.1, 0.15) is 25.6 Å². The minimum Gasteiger partial charge on any atom is -0.308 e. The van der Waals surface area contributed by atoms with Crippen LogP contribution in [0.4, 0.5) is 5.82 Å². The Morgan fingerprint density at radius 1 is 1.44 bits per heavy atom. The van der Waals surface area contributed by atoms with Gasteiger partial charge in [-0.05, 0) is 31.5 Å². The number of hydrogen-bond donors (Lipinski definition) is 2. The molecular formula is C12H19N5S. The van der Waals surface area contributed by atoms with Gasteiger partial charge in [-0.25, -0.2) is 15.8 Å². The van der Waals surface area contributed by atoms with Crippen LogP contribution in [0.3, 0.4) is 0 Å². The van der Waals surface area contributed by atoms with E-state index in [1.807, 2.05) is 11.4 Å². The van der Waals surface area contributed by atoms with E-state index in [1.54, 1.807) is 11.3 Å². The van der Waals surface area contributed by atoms with Crippen molar-refractivity contribution in [2.75, 3.05) is 19.0 Å². The molecule has 2 aromatic heterocycles. The highest BCUT2D eigenvalue weighted by Crippen LogP contribution is 2.24. The number of nitrogens with zero attached hydrogens (tertiary/aromatic N) is 3. The van der Waals surface area contributed by atoms with Gasteiger partial charge in [-0.15, -0.1) is 11.3 Å². The minimum atomic E-state index is 0.708. The molecule has 3 N–H and O–H groups in total. The first-order valence-corrected chi connectivity index (χ1v) is 7.01. The Kier molecular flexibility index (Phi) is 4.46. The molecule has 0 fully saturated rings. The average molecular weight is 265 g/mol. The Morgan fingerprint density at radius 2 is 2.28 bits per heavy atom. The number of anilines is 1. The summed E-state index contributed by atoms with van der Waals surface area (Å²) >= 11 is 1.61. The van der Waals surface area contributed by atoms with E-state index in [4.69, 9.17) is 5.84 Å². The number of fused-ring (bicyclic) bond motifs is 1. The molecule has 2 aromatic rings. The fraction of sp³-hybridized carbons (Fsp3) is 0.500. The maximum absolute atomic E-state index is 5.51. The Morgan fingerprint density at radius 3 is 3.00 bits per heavy atom. The van der Waals surface area contributed by atoms with E-state index in [0.717, 1.165) is 29.1 Å². The number of thiophene rings is 1. The number of nitrogen functional groups attached to an aromatic ring is 1. The molecule has 2 heterocycles. The number of nitrogens with two attached hydrogens (primary N) is 1. The van der Waals surface area contributed by atoms with Gasteiger partial charge in [0.05, 0.1) is 11.9 Å². The molecular weight excluding hydrogens is 246 g/mol. The maximum atomic E-state index is 5.51. The number of hydrogen-bond acceptors (Lipinski definition) is 6. The molecule has 0 unspecified atom stereocenters. The highest BCUT2D eigenvalue weighted by Gasteiger charge is 2.09. The molecule has 0 aliphatic carbocycles. The van der Waals surface area contributed by atoms with Crippen LogP contribution in [0.15, 0.2) is 11.4 Å². The standard InChI is InChI=1S/C12H19N5S/c1-3-4-6-17(2)8-10-14-11(16-13)9-5-7-18-12(9)15-10/h5,7H,3-4,6,8,13H2,1-2H3,(H,14,15,16). The number of rotatable bonds is 6. The molecule has 5 nitrogen and oxygen atoms in total. The molecule has 0 amide bonds. The van der Waals surface area contributed by atoms with Crippen LogP contribution in [-0.2, 0) is 6.54 Å². The van der Waals surface area contributed by atoms with Crippen molar-refractivity contribution in [3.8, 4) is 0 Å². The molecule has 0 saturated heterocycles. The van der Waals surface area contributed by atoms with Crippen molar-refractivity contribution in [1.29, 1.82) is 0 Å². The zero-order valence-electron chi connectivity index (χ0n) is 10.8. The van der Waals surface area contributed by atoms with Crippen molar-refractivity contribution in [3.63, 3.8) is 0 Å². The van der Waals surface area contributed by atoms with Gasteiger partial charge in [-0.3, -0.25) is 4.90 Å². The van der Waals surface area contributed by atoms with E-state index >= 15 is 0 Å². The molecule has 0 aliphatic rings. The summed E-state index contributed by atoms with van der Waals surface area (Å²) in [5, 5.41) is 2.99. The van der Waals surface area contributed by atoms with Crippen LogP contribution in [0.2, 0.25) is 0 Å². The van der Waals surface area contributed by atoms with Gasteiger partial charge in [0.1, 0.15) is 10.7 Å². The third-order valence-electron chi connectivity index (χ3n) is 2.81. The van der Waals surface area contributed by atoms with Gasteiger partial charge in [0, 0.05) is 0 Å². The highest BCUT2D eigenvalue weighted by molar-refractivity contribution is 7.16. The first kappa shape index (κ1) is 13.2. The molecule has 0 aliphatic heterocycles. The maximum Gasteiger partial charge on any atom is 0.152 e. The lowest BCUT2D eigenvalue weighted by atomic mass is 10.3. The number of hydrazine groups is 1. The second-order valence-corrected chi connectivity index (χ2v) is 5.26. The summed E-state index contributed by atoms with van der Waals surface area (Å²) in [6.07, 6.45) is 2.39. The van der Waals surface area contributed by atoms with Gasteiger partial charge in [0.25, 0.3) is 0 Å². The smallest absolute Gasteiger partial charge is 0.152 e. The van der Waals surface area contributed by atoms with Crippen molar-refractivity contribution < 1.29 is 0 Å². The van der Waals surface area contributed by atoms with E-state index in [0.29, 0.717) is 5.82 Å². The van der Waals surface area contributed by atoms with E-state index < -0.39 is 0 Å². The van der Waals surface area contributed by atoms with E-state index in [9.17, 15) is 0 Å². The molecule has 0 spiro atoms. The number of nitrogens with one attached hydrogen (secondary N) is 1. The SMILES string of the molecule is CCCCN(C)Cc1nc(NN)c2ccsc2n1. The lowest BCUT2D eigenvalue weighted by molar-refractivity contribution is 0.313. The molecule has 0 aromatic carbocycles. The van der Waals surface area contributed by atoms with Gasteiger partial charge in [0.2, 0.25) is 0 Å². The van der Waals surface area contributed by atoms with E-state index in [2.05, 4.69) is 34.3 Å². The third kappa shape index (κ3) is 2.95. The second-order valence-electron chi connectivity index (χ2n) is 4.36. The zero-order valence-corrected chi connectivity index (χ0v) is 11.6. The largest absolute Gasteiger partial charge is 0.308 e. The normalized spacial score (nSPS) is 11.3. The summed E-state index contributed by atoms with van der Waals surface area (Å²) in [7, 11) is 2.09. The van der Waals surface area contributed by atoms with Crippen LogP contribution < -0.4 is 11.3 Å². The third-order valence-corrected chi connectivity index (χ3v) is 3.62. The number of unbranched alkanes of at least 4 members (excludes halogenated alkanes) is 1. The van der Waals surface area contributed by atoms with Crippen molar-refractivity contribution in [2.45, 2.75) is 26.3 Å². The van der Waals surface area contributed by atoms with Crippen LogP contribution in [0.5, 0.6) is 0 Å². The molecule has 0 atom stereocenters. The van der Waals surface area contributed by atoms with Crippen molar-refractivity contribution >= 4 is 27.4 Å². The fourth-order valence-corrected chi connectivity index (χ4v) is 2.61. The Labute approximate surface area is 111 Å². The Balaban J connectivity index is 2.17. The predicted octanol–water partition coefficient (Wildman–Crippen LogP) is 2.21. The first-order valence-electron chi connectivity index (χ1n) is 6.14. The van der Waals surface area contributed by atoms with Crippen molar-refractivity contribution in [2.24, 2.45) is 5.84 Å². The van der Waals surface area contributed by atoms with Crippen LogP contribution in [0.25, 0.3) is 10.2 Å². The molecule has 0 radical (unpaired) electrons. The quantitative estimate of drug-likeness (QED) is 0.619. The van der Waals surface area contributed by atoms with Crippen LogP contribution in [-0.4, -0.2) is 28.5 Å². The van der Waals surface area contributed by atoms with Crippen molar-refractivity contribution in [1.82, 2.24) is 14.9 Å². The zero-order chi connectivity index (χ0) is 13.0. The van der Waals surface area contributed by atoms with Crippen LogP contribution in [0, 0.1) is 0 Å². The van der Waals surface area contributed by atoms with E-state index in [1.165, 1.54) is 12.8 Å². The fourth-order valence-electron chi connectivity index (χ4n) is 1.83. The Hall–Kier alpha value is -1.24. The molecule has 18 heavy (non-hydrogen) atoms. The Bertz CT molecular complexity index is 510. The lowest BCUT2D eigenvalue weighted by Gasteiger charge is -2.15.